The Labute approximate surface area is 119 Å². The molecular formula is C13H14N4O4. The van der Waals surface area contributed by atoms with Crippen LogP contribution < -0.4 is 0 Å². The Morgan fingerprint density at radius 2 is 2.24 bits per heavy atom. The molecule has 3 heterocycles. The van der Waals surface area contributed by atoms with Gasteiger partial charge in [0.25, 0.3) is 0 Å². The van der Waals surface area contributed by atoms with Gasteiger partial charge in [-0.25, -0.2) is 4.98 Å². The van der Waals surface area contributed by atoms with Gasteiger partial charge in [0, 0.05) is 25.7 Å². The molecule has 1 fully saturated rings. The van der Waals surface area contributed by atoms with Crippen LogP contribution in [0, 0.1) is 16.0 Å². The summed E-state index contributed by atoms with van der Waals surface area (Å²) < 4.78 is 1.46. The molecule has 0 radical (unpaired) electrons. The largest absolute Gasteiger partial charge is 0.481 e. The Morgan fingerprint density at radius 3 is 2.90 bits per heavy atom. The third-order valence-electron chi connectivity index (χ3n) is 3.62. The van der Waals surface area contributed by atoms with Crippen LogP contribution in [-0.4, -0.2) is 43.4 Å². The number of nitro groups is 1. The lowest BCUT2D eigenvalue weighted by molar-refractivity contribution is -0.391. The number of likely N-dealkylation sites (tertiary alicyclic amines) is 1. The van der Waals surface area contributed by atoms with Gasteiger partial charge in [0.2, 0.25) is 5.65 Å². The van der Waals surface area contributed by atoms with Crippen molar-refractivity contribution in [2.24, 2.45) is 5.92 Å². The Bertz CT molecular complexity index is 705. The molecule has 2 aromatic heterocycles. The summed E-state index contributed by atoms with van der Waals surface area (Å²) in [5.41, 5.74) is 0.960. The molecule has 0 saturated carbocycles. The predicted molar refractivity (Wildman–Crippen MR) is 72.9 cm³/mol. The summed E-state index contributed by atoms with van der Waals surface area (Å²) in [5.74, 6) is -0.704. The molecule has 21 heavy (non-hydrogen) atoms. The Morgan fingerprint density at radius 1 is 1.48 bits per heavy atom. The molecule has 0 amide bonds. The second kappa shape index (κ2) is 5.13. The molecule has 0 aliphatic carbocycles. The summed E-state index contributed by atoms with van der Waals surface area (Å²) in [5, 5.41) is 20.0. The van der Waals surface area contributed by atoms with Gasteiger partial charge < -0.3 is 15.2 Å². The molecule has 2 aromatic rings. The van der Waals surface area contributed by atoms with E-state index in [9.17, 15) is 14.9 Å². The third kappa shape index (κ3) is 2.57. The zero-order chi connectivity index (χ0) is 15.0. The van der Waals surface area contributed by atoms with Gasteiger partial charge in [0.15, 0.2) is 5.69 Å². The van der Waals surface area contributed by atoms with E-state index in [0.29, 0.717) is 31.0 Å². The van der Waals surface area contributed by atoms with Crippen LogP contribution in [0.5, 0.6) is 0 Å². The molecule has 1 N–H and O–H groups in total. The lowest BCUT2D eigenvalue weighted by Crippen LogP contribution is -2.46. The summed E-state index contributed by atoms with van der Waals surface area (Å²) in [4.78, 5) is 27.7. The molecule has 0 unspecified atom stereocenters. The fourth-order valence-corrected chi connectivity index (χ4v) is 2.72. The average Bonchev–Trinajstić information content (AvgIpc) is 2.73. The van der Waals surface area contributed by atoms with Crippen molar-refractivity contribution in [2.45, 2.75) is 13.0 Å². The summed E-state index contributed by atoms with van der Waals surface area (Å²) in [6.07, 6.45) is 1.76. The van der Waals surface area contributed by atoms with Gasteiger partial charge in [-0.1, -0.05) is 6.07 Å². The summed E-state index contributed by atoms with van der Waals surface area (Å²) >= 11 is 0. The highest BCUT2D eigenvalue weighted by molar-refractivity contribution is 5.67. The number of nitrogens with zero attached hydrogens (tertiary/aromatic N) is 4. The highest BCUT2D eigenvalue weighted by Gasteiger charge is 2.32. The number of aromatic nitrogens is 2. The highest BCUT2D eigenvalue weighted by Crippen LogP contribution is 2.26. The summed E-state index contributed by atoms with van der Waals surface area (Å²) in [7, 11) is 0. The van der Waals surface area contributed by atoms with E-state index in [1.165, 1.54) is 4.40 Å². The zero-order valence-electron chi connectivity index (χ0n) is 11.2. The number of imidazole rings is 1. The lowest BCUT2D eigenvalue weighted by atomic mass is 9.96. The van der Waals surface area contributed by atoms with E-state index in [4.69, 9.17) is 5.11 Å². The molecule has 1 aliphatic rings. The van der Waals surface area contributed by atoms with Crippen LogP contribution in [0.15, 0.2) is 24.4 Å². The molecule has 0 atom stereocenters. The molecule has 8 nitrogen and oxygen atoms in total. The Hall–Kier alpha value is -2.48. The number of pyridine rings is 1. The van der Waals surface area contributed by atoms with E-state index in [1.807, 2.05) is 4.90 Å². The van der Waals surface area contributed by atoms with Crippen molar-refractivity contribution in [1.29, 1.82) is 0 Å². The van der Waals surface area contributed by atoms with Crippen LogP contribution in [-0.2, 0) is 11.3 Å². The summed E-state index contributed by atoms with van der Waals surface area (Å²) in [6, 6.07) is 5.22. The number of carbonyl (C=O) groups is 1. The normalized spacial score (nSPS) is 16.0. The molecule has 1 saturated heterocycles. The standard InChI is InChI=1S/C13H14N4O4/c18-12(19)5-9-6-15(7-9)8-10-13(17(20)21)16-4-2-1-3-11(16)14-10/h1-4,9H,5-8H2,(H,18,19). The van der Waals surface area contributed by atoms with Gasteiger partial charge in [-0.3, -0.25) is 9.69 Å². The van der Waals surface area contributed by atoms with E-state index >= 15 is 0 Å². The zero-order valence-corrected chi connectivity index (χ0v) is 11.2. The molecule has 3 rings (SSSR count). The first-order valence-corrected chi connectivity index (χ1v) is 6.59. The van der Waals surface area contributed by atoms with Crippen molar-refractivity contribution < 1.29 is 14.8 Å². The Balaban J connectivity index is 1.77. The maximum atomic E-state index is 11.2. The SMILES string of the molecule is O=C(O)CC1CN(Cc2nc3ccccn3c2[N+](=O)[O-])C1. The highest BCUT2D eigenvalue weighted by atomic mass is 16.6. The smallest absolute Gasteiger partial charge is 0.352 e. The van der Waals surface area contributed by atoms with Gasteiger partial charge >= 0.3 is 11.8 Å². The average molecular weight is 290 g/mol. The molecular weight excluding hydrogens is 276 g/mol. The third-order valence-corrected chi connectivity index (χ3v) is 3.62. The van der Waals surface area contributed by atoms with E-state index < -0.39 is 10.9 Å². The van der Waals surface area contributed by atoms with Crippen LogP contribution in [0.3, 0.4) is 0 Å². The van der Waals surface area contributed by atoms with Crippen molar-refractivity contribution in [3.05, 3.63) is 40.2 Å². The van der Waals surface area contributed by atoms with E-state index in [-0.39, 0.29) is 18.2 Å². The number of fused-ring (bicyclic) bond motifs is 1. The fourth-order valence-electron chi connectivity index (χ4n) is 2.72. The van der Waals surface area contributed by atoms with Crippen LogP contribution in [0.2, 0.25) is 0 Å². The number of hydrogen-bond donors (Lipinski definition) is 1. The monoisotopic (exact) mass is 290 g/mol. The summed E-state index contributed by atoms with van der Waals surface area (Å²) in [6.45, 7) is 1.64. The first-order valence-electron chi connectivity index (χ1n) is 6.59. The molecule has 1 aliphatic heterocycles. The van der Waals surface area contributed by atoms with Gasteiger partial charge in [-0.2, -0.15) is 4.40 Å². The van der Waals surface area contributed by atoms with Crippen LogP contribution in [0.1, 0.15) is 12.1 Å². The molecule has 0 aromatic carbocycles. The van der Waals surface area contributed by atoms with Gasteiger partial charge in [0.1, 0.15) is 0 Å². The van der Waals surface area contributed by atoms with Gasteiger partial charge in [0.05, 0.1) is 12.6 Å². The number of aliphatic carboxylic acids is 1. The minimum Gasteiger partial charge on any atom is -0.481 e. The second-order valence-corrected chi connectivity index (χ2v) is 5.23. The fraction of sp³-hybridized carbons (Fsp3) is 0.385. The topological polar surface area (TPSA) is 101 Å². The first-order chi connectivity index (χ1) is 10.0. The van der Waals surface area contributed by atoms with Gasteiger partial charge in [-0.15, -0.1) is 0 Å². The molecule has 0 spiro atoms. The molecule has 8 heteroatoms. The van der Waals surface area contributed by atoms with Gasteiger partial charge in [-0.05, 0) is 16.9 Å². The van der Waals surface area contributed by atoms with Crippen LogP contribution in [0.4, 0.5) is 5.82 Å². The lowest BCUT2D eigenvalue weighted by Gasteiger charge is -2.37. The number of carboxylic acids is 1. The predicted octanol–water partition coefficient (Wildman–Crippen LogP) is 1.15. The van der Waals surface area contributed by atoms with Crippen molar-refractivity contribution in [2.75, 3.05) is 13.1 Å². The number of hydrogen-bond acceptors (Lipinski definition) is 5. The van der Waals surface area contributed by atoms with Crippen molar-refractivity contribution in [3.8, 4) is 0 Å². The van der Waals surface area contributed by atoms with E-state index in [1.54, 1.807) is 24.4 Å². The van der Waals surface area contributed by atoms with Crippen molar-refractivity contribution in [3.63, 3.8) is 0 Å². The van der Waals surface area contributed by atoms with E-state index in [2.05, 4.69) is 4.98 Å². The van der Waals surface area contributed by atoms with Crippen molar-refractivity contribution >= 4 is 17.4 Å². The van der Waals surface area contributed by atoms with Crippen LogP contribution >= 0.6 is 0 Å². The minimum absolute atomic E-state index is 0.0210. The van der Waals surface area contributed by atoms with Crippen molar-refractivity contribution in [1.82, 2.24) is 14.3 Å². The molecule has 0 bridgehead atoms. The number of carboxylic acid groups (broad SMARTS) is 1. The first kappa shape index (κ1) is 13.5. The maximum Gasteiger partial charge on any atom is 0.352 e. The minimum atomic E-state index is -0.807. The second-order valence-electron chi connectivity index (χ2n) is 5.23. The number of rotatable bonds is 5. The Kier molecular flexibility index (Phi) is 3.30. The quantitative estimate of drug-likeness (QED) is 0.654. The van der Waals surface area contributed by atoms with Crippen LogP contribution in [0.25, 0.3) is 5.65 Å². The molecule has 110 valence electrons. The van der Waals surface area contributed by atoms with E-state index in [0.717, 1.165) is 0 Å². The maximum absolute atomic E-state index is 11.2.